The topological polar surface area (TPSA) is 114 Å². The van der Waals surface area contributed by atoms with Crippen molar-refractivity contribution in [3.05, 3.63) is 95.6 Å². The first kappa shape index (κ1) is 22.3. The van der Waals surface area contributed by atoms with Gasteiger partial charge in [0.15, 0.2) is 9.84 Å². The van der Waals surface area contributed by atoms with Crippen LogP contribution in [0.25, 0.3) is 0 Å². The molecular weight excluding hydrogens is 449 g/mol. The van der Waals surface area contributed by atoms with Crippen LogP contribution in [-0.4, -0.2) is 49.1 Å². The van der Waals surface area contributed by atoms with E-state index in [1.165, 1.54) is 24.5 Å². The van der Waals surface area contributed by atoms with Gasteiger partial charge in [0, 0.05) is 18.9 Å². The SMILES string of the molecule is O=C(CN1C(=O)c2ccccc2C1=O)NCC(c1cccnc1)S(=O)(=O)c1ccc(F)cc1. The van der Waals surface area contributed by atoms with Gasteiger partial charge < -0.3 is 5.32 Å². The lowest BCUT2D eigenvalue weighted by Crippen LogP contribution is -2.42. The third-order valence-electron chi connectivity index (χ3n) is 5.24. The molecule has 10 heteroatoms. The first-order valence-electron chi connectivity index (χ1n) is 9.90. The van der Waals surface area contributed by atoms with Crippen LogP contribution in [0, 0.1) is 5.82 Å². The van der Waals surface area contributed by atoms with Gasteiger partial charge in [-0.2, -0.15) is 0 Å². The van der Waals surface area contributed by atoms with E-state index in [0.717, 1.165) is 29.2 Å². The molecule has 3 amide bonds. The van der Waals surface area contributed by atoms with Gasteiger partial charge in [0.1, 0.15) is 17.6 Å². The van der Waals surface area contributed by atoms with Crippen LogP contribution in [0.1, 0.15) is 31.5 Å². The van der Waals surface area contributed by atoms with E-state index in [0.29, 0.717) is 5.56 Å². The van der Waals surface area contributed by atoms with Crippen LogP contribution in [0.2, 0.25) is 0 Å². The molecule has 1 unspecified atom stereocenters. The van der Waals surface area contributed by atoms with Gasteiger partial charge in [-0.3, -0.25) is 24.3 Å². The summed E-state index contributed by atoms with van der Waals surface area (Å²) in [6, 6.07) is 13.7. The molecule has 1 aliphatic rings. The Bertz CT molecular complexity index is 1290. The number of hydrogen-bond acceptors (Lipinski definition) is 6. The molecule has 1 aliphatic heterocycles. The predicted octanol–water partition coefficient (Wildman–Crippen LogP) is 2.15. The van der Waals surface area contributed by atoms with Gasteiger partial charge in [-0.05, 0) is 48.0 Å². The number of imide groups is 1. The average molecular weight is 467 g/mol. The van der Waals surface area contributed by atoms with Gasteiger partial charge in [0.2, 0.25) is 5.91 Å². The smallest absolute Gasteiger partial charge is 0.262 e. The van der Waals surface area contributed by atoms with Crippen molar-refractivity contribution in [2.45, 2.75) is 10.1 Å². The van der Waals surface area contributed by atoms with Gasteiger partial charge in [-0.1, -0.05) is 18.2 Å². The molecule has 33 heavy (non-hydrogen) atoms. The number of aromatic nitrogens is 1. The third kappa shape index (κ3) is 4.37. The largest absolute Gasteiger partial charge is 0.353 e. The Balaban J connectivity index is 1.52. The van der Waals surface area contributed by atoms with E-state index < -0.39 is 45.2 Å². The summed E-state index contributed by atoms with van der Waals surface area (Å²) in [6.45, 7) is -0.893. The standard InChI is InChI=1S/C23H18FN3O5S/c24-16-7-9-17(10-8-16)33(31,32)20(15-4-3-11-25-12-15)13-26-21(28)14-27-22(29)18-5-1-2-6-19(18)23(27)30/h1-12,20H,13-14H2,(H,26,28). The van der Waals surface area contributed by atoms with Gasteiger partial charge in [-0.15, -0.1) is 0 Å². The van der Waals surface area contributed by atoms with E-state index in [1.54, 1.807) is 24.3 Å². The Hall–Kier alpha value is -3.92. The highest BCUT2D eigenvalue weighted by molar-refractivity contribution is 7.91. The fourth-order valence-corrected chi connectivity index (χ4v) is 5.19. The van der Waals surface area contributed by atoms with E-state index in [-0.39, 0.29) is 22.6 Å². The van der Waals surface area contributed by atoms with Crippen molar-refractivity contribution >= 4 is 27.6 Å². The van der Waals surface area contributed by atoms with Crippen LogP contribution < -0.4 is 5.32 Å². The van der Waals surface area contributed by atoms with E-state index in [1.807, 2.05) is 0 Å². The summed E-state index contributed by atoms with van der Waals surface area (Å²) in [6.07, 6.45) is 2.84. The highest BCUT2D eigenvalue weighted by atomic mass is 32.2. The molecule has 0 radical (unpaired) electrons. The zero-order valence-electron chi connectivity index (χ0n) is 17.1. The molecule has 0 spiro atoms. The molecule has 0 saturated carbocycles. The Morgan fingerprint density at radius 2 is 1.61 bits per heavy atom. The lowest BCUT2D eigenvalue weighted by molar-refractivity contribution is -0.121. The van der Waals surface area contributed by atoms with Gasteiger partial charge in [0.05, 0.1) is 16.0 Å². The first-order valence-corrected chi connectivity index (χ1v) is 11.4. The molecule has 8 nitrogen and oxygen atoms in total. The highest BCUT2D eigenvalue weighted by Gasteiger charge is 2.37. The molecule has 4 rings (SSSR count). The molecule has 0 aliphatic carbocycles. The quantitative estimate of drug-likeness (QED) is 0.421. The molecule has 0 saturated heterocycles. The van der Waals surface area contributed by atoms with E-state index >= 15 is 0 Å². The van der Waals surface area contributed by atoms with E-state index in [9.17, 15) is 27.2 Å². The van der Waals surface area contributed by atoms with Gasteiger partial charge >= 0.3 is 0 Å². The Kier molecular flexibility index (Phi) is 6.01. The van der Waals surface area contributed by atoms with Crippen molar-refractivity contribution in [3.63, 3.8) is 0 Å². The monoisotopic (exact) mass is 467 g/mol. The second-order valence-corrected chi connectivity index (χ2v) is 9.45. The first-order chi connectivity index (χ1) is 15.8. The summed E-state index contributed by atoms with van der Waals surface area (Å²) in [5.74, 6) is -2.46. The number of carbonyl (C=O) groups is 3. The lowest BCUT2D eigenvalue weighted by atomic mass is 10.1. The molecule has 2 heterocycles. The second-order valence-electron chi connectivity index (χ2n) is 7.32. The van der Waals surface area contributed by atoms with Crippen LogP contribution in [0.3, 0.4) is 0 Å². The number of carbonyl (C=O) groups excluding carboxylic acids is 3. The number of benzene rings is 2. The normalized spacial score (nSPS) is 14.2. The number of pyridine rings is 1. The molecule has 1 N–H and O–H groups in total. The third-order valence-corrected chi connectivity index (χ3v) is 7.35. The van der Waals surface area contributed by atoms with Crippen LogP contribution in [0.4, 0.5) is 4.39 Å². The number of fused-ring (bicyclic) bond motifs is 1. The Morgan fingerprint density at radius 3 is 2.18 bits per heavy atom. The summed E-state index contributed by atoms with van der Waals surface area (Å²) in [4.78, 5) is 42.1. The maximum absolute atomic E-state index is 13.3. The zero-order valence-corrected chi connectivity index (χ0v) is 18.0. The van der Waals surface area contributed by atoms with Crippen molar-refractivity contribution in [1.29, 1.82) is 0 Å². The molecular formula is C23H18FN3O5S. The number of nitrogens with one attached hydrogen (secondary N) is 1. The molecule has 1 atom stereocenters. The maximum atomic E-state index is 13.3. The van der Waals surface area contributed by atoms with Gasteiger partial charge in [0.25, 0.3) is 11.8 Å². The lowest BCUT2D eigenvalue weighted by Gasteiger charge is -2.20. The molecule has 2 aromatic carbocycles. The Labute approximate surface area is 189 Å². The summed E-state index contributed by atoms with van der Waals surface area (Å²) >= 11 is 0. The zero-order chi connectivity index (χ0) is 23.6. The minimum absolute atomic E-state index is 0.118. The number of halogens is 1. The van der Waals surface area contributed by atoms with Crippen molar-refractivity contribution in [3.8, 4) is 0 Å². The number of nitrogens with zero attached hydrogens (tertiary/aromatic N) is 2. The molecule has 168 valence electrons. The number of hydrogen-bond donors (Lipinski definition) is 1. The Morgan fingerprint density at radius 1 is 0.970 bits per heavy atom. The number of sulfone groups is 1. The van der Waals surface area contributed by atoms with Crippen LogP contribution in [-0.2, 0) is 14.6 Å². The van der Waals surface area contributed by atoms with Crippen molar-refractivity contribution < 1.29 is 27.2 Å². The summed E-state index contributed by atoms with van der Waals surface area (Å²) < 4.78 is 39.8. The van der Waals surface area contributed by atoms with Crippen LogP contribution >= 0.6 is 0 Å². The summed E-state index contributed by atoms with van der Waals surface area (Å²) in [5, 5.41) is 1.28. The number of rotatable bonds is 7. The molecule has 0 fully saturated rings. The summed E-state index contributed by atoms with van der Waals surface area (Å²) in [7, 11) is -4.03. The van der Waals surface area contributed by atoms with Crippen LogP contribution in [0.5, 0.6) is 0 Å². The maximum Gasteiger partial charge on any atom is 0.262 e. The van der Waals surface area contributed by atoms with Crippen LogP contribution in [0.15, 0.2) is 78.0 Å². The predicted molar refractivity (Wildman–Crippen MR) is 115 cm³/mol. The van der Waals surface area contributed by atoms with Gasteiger partial charge in [-0.25, -0.2) is 12.8 Å². The van der Waals surface area contributed by atoms with E-state index in [2.05, 4.69) is 10.3 Å². The van der Waals surface area contributed by atoms with Crippen molar-refractivity contribution in [2.75, 3.05) is 13.1 Å². The average Bonchev–Trinajstić information content (AvgIpc) is 3.05. The number of amides is 3. The molecule has 0 bridgehead atoms. The fourth-order valence-electron chi connectivity index (χ4n) is 3.55. The minimum Gasteiger partial charge on any atom is -0.353 e. The highest BCUT2D eigenvalue weighted by Crippen LogP contribution is 2.28. The van der Waals surface area contributed by atoms with Crippen molar-refractivity contribution in [2.24, 2.45) is 0 Å². The summed E-state index contributed by atoms with van der Waals surface area (Å²) in [5.41, 5.74) is 0.743. The fraction of sp³-hybridized carbons (Fsp3) is 0.130. The van der Waals surface area contributed by atoms with Crippen molar-refractivity contribution in [1.82, 2.24) is 15.2 Å². The minimum atomic E-state index is -4.03. The molecule has 1 aromatic heterocycles. The van der Waals surface area contributed by atoms with E-state index in [4.69, 9.17) is 0 Å². The second kappa shape index (κ2) is 8.91. The molecule has 3 aromatic rings.